The lowest BCUT2D eigenvalue weighted by Crippen LogP contribution is -2.37. The summed E-state index contributed by atoms with van der Waals surface area (Å²) in [6, 6.07) is 5.70. The zero-order chi connectivity index (χ0) is 16.4. The number of aryl methyl sites for hydroxylation is 2. The maximum atomic E-state index is 12.9. The number of halogens is 1. The van der Waals surface area contributed by atoms with Gasteiger partial charge in [0.15, 0.2) is 0 Å². The van der Waals surface area contributed by atoms with E-state index < -0.39 is 0 Å². The molecule has 1 aliphatic rings. The minimum atomic E-state index is -0.340. The monoisotopic (exact) mass is 317 g/mol. The molecule has 2 aromatic rings. The molecule has 0 aliphatic carbocycles. The molecule has 1 atom stereocenters. The van der Waals surface area contributed by atoms with Gasteiger partial charge in [0.2, 0.25) is 0 Å². The van der Waals surface area contributed by atoms with Crippen LogP contribution in [0.25, 0.3) is 0 Å². The van der Waals surface area contributed by atoms with E-state index in [-0.39, 0.29) is 17.8 Å². The summed E-state index contributed by atoms with van der Waals surface area (Å²) >= 11 is 0. The van der Waals surface area contributed by atoms with Gasteiger partial charge in [0.25, 0.3) is 5.91 Å². The number of likely N-dealkylation sites (tertiary alicyclic amines) is 1. The SMILES string of the molecule is Cc1noc(C)c1CN1CC[C@@H](NC(=O)c2ccc(F)cc2)C1. The second kappa shape index (κ2) is 6.50. The molecule has 3 rings (SSSR count). The van der Waals surface area contributed by atoms with E-state index in [1.807, 2.05) is 13.8 Å². The highest BCUT2D eigenvalue weighted by atomic mass is 19.1. The lowest BCUT2D eigenvalue weighted by atomic mass is 10.2. The molecule has 2 heterocycles. The number of carbonyl (C=O) groups excluding carboxylic acids is 1. The Hall–Kier alpha value is -2.21. The summed E-state index contributed by atoms with van der Waals surface area (Å²) < 4.78 is 18.1. The van der Waals surface area contributed by atoms with Crippen molar-refractivity contribution in [2.24, 2.45) is 0 Å². The Morgan fingerprint density at radius 3 is 2.78 bits per heavy atom. The summed E-state index contributed by atoms with van der Waals surface area (Å²) in [5, 5.41) is 6.98. The molecule has 0 saturated carbocycles. The molecule has 1 aromatic carbocycles. The van der Waals surface area contributed by atoms with E-state index in [0.29, 0.717) is 5.56 Å². The van der Waals surface area contributed by atoms with E-state index >= 15 is 0 Å². The number of amides is 1. The number of benzene rings is 1. The minimum absolute atomic E-state index is 0.105. The van der Waals surface area contributed by atoms with Crippen molar-refractivity contribution in [1.29, 1.82) is 0 Å². The molecule has 0 bridgehead atoms. The Balaban J connectivity index is 1.55. The van der Waals surface area contributed by atoms with Crippen LogP contribution in [0.3, 0.4) is 0 Å². The maximum absolute atomic E-state index is 12.9. The number of rotatable bonds is 4. The van der Waals surface area contributed by atoms with Crippen LogP contribution in [-0.4, -0.2) is 35.1 Å². The molecule has 1 amide bonds. The molecule has 1 N–H and O–H groups in total. The van der Waals surface area contributed by atoms with E-state index in [0.717, 1.165) is 43.1 Å². The highest BCUT2D eigenvalue weighted by Gasteiger charge is 2.25. The quantitative estimate of drug-likeness (QED) is 0.941. The van der Waals surface area contributed by atoms with Gasteiger partial charge in [-0.05, 0) is 44.5 Å². The van der Waals surface area contributed by atoms with Crippen LogP contribution in [0.5, 0.6) is 0 Å². The van der Waals surface area contributed by atoms with E-state index in [4.69, 9.17) is 4.52 Å². The van der Waals surface area contributed by atoms with Crippen LogP contribution in [0.2, 0.25) is 0 Å². The Kier molecular flexibility index (Phi) is 4.43. The molecule has 1 saturated heterocycles. The summed E-state index contributed by atoms with van der Waals surface area (Å²) in [5.74, 6) is 0.350. The van der Waals surface area contributed by atoms with Gasteiger partial charge >= 0.3 is 0 Å². The molecule has 0 radical (unpaired) electrons. The molecule has 122 valence electrons. The fourth-order valence-corrected chi connectivity index (χ4v) is 2.92. The minimum Gasteiger partial charge on any atom is -0.361 e. The van der Waals surface area contributed by atoms with Crippen LogP contribution in [0, 0.1) is 19.7 Å². The Labute approximate surface area is 134 Å². The number of nitrogens with one attached hydrogen (secondary N) is 1. The van der Waals surface area contributed by atoms with E-state index in [1.165, 1.54) is 24.3 Å². The summed E-state index contributed by atoms with van der Waals surface area (Å²) in [6.45, 7) is 6.34. The van der Waals surface area contributed by atoms with Crippen molar-refractivity contribution in [1.82, 2.24) is 15.4 Å². The first kappa shape index (κ1) is 15.7. The van der Waals surface area contributed by atoms with Gasteiger partial charge in [-0.2, -0.15) is 0 Å². The topological polar surface area (TPSA) is 58.4 Å². The van der Waals surface area contributed by atoms with Crippen molar-refractivity contribution in [3.63, 3.8) is 0 Å². The third-order valence-corrected chi connectivity index (χ3v) is 4.28. The van der Waals surface area contributed by atoms with Crippen LogP contribution < -0.4 is 5.32 Å². The smallest absolute Gasteiger partial charge is 0.251 e. The normalized spacial score (nSPS) is 18.3. The predicted molar refractivity (Wildman–Crippen MR) is 83.5 cm³/mol. The first-order valence-corrected chi connectivity index (χ1v) is 7.73. The number of nitrogens with zero attached hydrogens (tertiary/aromatic N) is 2. The van der Waals surface area contributed by atoms with Crippen molar-refractivity contribution < 1.29 is 13.7 Å². The molecule has 1 aliphatic heterocycles. The number of carbonyl (C=O) groups is 1. The first-order chi connectivity index (χ1) is 11.0. The second-order valence-corrected chi connectivity index (χ2v) is 6.00. The van der Waals surface area contributed by atoms with Gasteiger partial charge in [-0.25, -0.2) is 4.39 Å². The van der Waals surface area contributed by atoms with Crippen molar-refractivity contribution in [3.05, 3.63) is 52.7 Å². The van der Waals surface area contributed by atoms with Gasteiger partial charge in [-0.3, -0.25) is 9.69 Å². The van der Waals surface area contributed by atoms with Crippen LogP contribution in [0.4, 0.5) is 4.39 Å². The Morgan fingerprint density at radius 1 is 1.39 bits per heavy atom. The van der Waals surface area contributed by atoms with Crippen LogP contribution in [0.1, 0.15) is 33.8 Å². The Bertz CT molecular complexity index is 677. The molecule has 1 aromatic heterocycles. The van der Waals surface area contributed by atoms with Crippen LogP contribution >= 0.6 is 0 Å². The molecule has 1 fully saturated rings. The van der Waals surface area contributed by atoms with Crippen molar-refractivity contribution in [2.45, 2.75) is 32.9 Å². The van der Waals surface area contributed by atoms with Crippen molar-refractivity contribution >= 4 is 5.91 Å². The van der Waals surface area contributed by atoms with Crippen molar-refractivity contribution in [2.75, 3.05) is 13.1 Å². The van der Waals surface area contributed by atoms with E-state index in [9.17, 15) is 9.18 Å². The fourth-order valence-electron chi connectivity index (χ4n) is 2.92. The van der Waals surface area contributed by atoms with Crippen LogP contribution in [-0.2, 0) is 6.54 Å². The summed E-state index contributed by atoms with van der Waals surface area (Å²) in [4.78, 5) is 14.4. The molecular weight excluding hydrogens is 297 g/mol. The summed E-state index contributed by atoms with van der Waals surface area (Å²) in [6.07, 6.45) is 0.899. The van der Waals surface area contributed by atoms with E-state index in [2.05, 4.69) is 15.4 Å². The maximum Gasteiger partial charge on any atom is 0.251 e. The molecule has 0 spiro atoms. The average molecular weight is 317 g/mol. The van der Waals surface area contributed by atoms with Gasteiger partial charge < -0.3 is 9.84 Å². The van der Waals surface area contributed by atoms with Crippen LogP contribution in [0.15, 0.2) is 28.8 Å². The van der Waals surface area contributed by atoms with Crippen molar-refractivity contribution in [3.8, 4) is 0 Å². The van der Waals surface area contributed by atoms with Gasteiger partial charge in [0.05, 0.1) is 5.69 Å². The molecular formula is C17H20FN3O2. The number of hydrogen-bond donors (Lipinski definition) is 1. The van der Waals surface area contributed by atoms with Gasteiger partial charge in [0.1, 0.15) is 11.6 Å². The molecule has 0 unspecified atom stereocenters. The first-order valence-electron chi connectivity index (χ1n) is 7.73. The van der Waals surface area contributed by atoms with Gasteiger partial charge in [0, 0.05) is 36.8 Å². The molecule has 6 heteroatoms. The number of aromatic nitrogens is 1. The fraction of sp³-hybridized carbons (Fsp3) is 0.412. The third kappa shape index (κ3) is 3.59. The predicted octanol–water partition coefficient (Wildman–Crippen LogP) is 2.43. The largest absolute Gasteiger partial charge is 0.361 e. The molecule has 23 heavy (non-hydrogen) atoms. The zero-order valence-corrected chi connectivity index (χ0v) is 13.3. The summed E-state index contributed by atoms with van der Waals surface area (Å²) in [7, 11) is 0. The highest BCUT2D eigenvalue weighted by molar-refractivity contribution is 5.94. The zero-order valence-electron chi connectivity index (χ0n) is 13.3. The second-order valence-electron chi connectivity index (χ2n) is 6.00. The molecule has 5 nitrogen and oxygen atoms in total. The third-order valence-electron chi connectivity index (χ3n) is 4.28. The number of hydrogen-bond acceptors (Lipinski definition) is 4. The lowest BCUT2D eigenvalue weighted by Gasteiger charge is -2.16. The highest BCUT2D eigenvalue weighted by Crippen LogP contribution is 2.19. The average Bonchev–Trinajstić information content (AvgIpc) is 3.09. The van der Waals surface area contributed by atoms with Gasteiger partial charge in [-0.15, -0.1) is 0 Å². The standard InChI is InChI=1S/C17H20FN3O2/c1-11-16(12(2)23-20-11)10-21-8-7-15(9-21)19-17(22)13-3-5-14(18)6-4-13/h3-6,15H,7-10H2,1-2H3,(H,19,22)/t15-/m1/s1. The lowest BCUT2D eigenvalue weighted by molar-refractivity contribution is 0.0937. The van der Waals surface area contributed by atoms with Gasteiger partial charge in [-0.1, -0.05) is 5.16 Å². The van der Waals surface area contributed by atoms with E-state index in [1.54, 1.807) is 0 Å². The Morgan fingerprint density at radius 2 is 2.13 bits per heavy atom. The summed E-state index contributed by atoms with van der Waals surface area (Å²) in [5.41, 5.74) is 2.52.